The Labute approximate surface area is 90.4 Å². The predicted molar refractivity (Wildman–Crippen MR) is 55.8 cm³/mol. The molecule has 1 saturated heterocycles. The van der Waals surface area contributed by atoms with Crippen LogP contribution in [-0.2, 0) is 9.59 Å². The fourth-order valence-corrected chi connectivity index (χ4v) is 1.97. The summed E-state index contributed by atoms with van der Waals surface area (Å²) in [6.45, 7) is 1.10. The fourth-order valence-electron chi connectivity index (χ4n) is 1.49. The molecule has 1 aliphatic rings. The van der Waals surface area contributed by atoms with Gasteiger partial charge in [-0.1, -0.05) is 22.6 Å². The standard InChI is InChI=1S/C8H12INO3/c9-4-7(11)10-3-1-2-6(5-10)8(12)13/h6H,1-5H2,(H,12,13). The van der Waals surface area contributed by atoms with Crippen LogP contribution < -0.4 is 0 Å². The number of carbonyl (C=O) groups is 2. The van der Waals surface area contributed by atoms with Crippen molar-refractivity contribution in [1.82, 2.24) is 4.90 Å². The molecule has 0 bridgehead atoms. The van der Waals surface area contributed by atoms with Gasteiger partial charge >= 0.3 is 5.97 Å². The Morgan fingerprint density at radius 2 is 2.23 bits per heavy atom. The number of rotatable bonds is 2. The number of likely N-dealkylation sites (tertiary alicyclic amines) is 1. The zero-order valence-corrected chi connectivity index (χ0v) is 9.36. The first-order chi connectivity index (χ1) is 6.15. The van der Waals surface area contributed by atoms with Crippen LogP contribution in [0.25, 0.3) is 0 Å². The molecule has 0 radical (unpaired) electrons. The molecule has 1 unspecified atom stereocenters. The first-order valence-electron chi connectivity index (χ1n) is 4.21. The van der Waals surface area contributed by atoms with Gasteiger partial charge in [0.15, 0.2) is 0 Å². The van der Waals surface area contributed by atoms with E-state index in [1.165, 1.54) is 0 Å². The number of carboxylic acids is 1. The SMILES string of the molecule is O=C(O)C1CCCN(C(=O)CI)C1. The predicted octanol–water partition coefficient (Wildman–Crippen LogP) is 0.745. The van der Waals surface area contributed by atoms with Gasteiger partial charge in [-0.2, -0.15) is 0 Å². The van der Waals surface area contributed by atoms with Gasteiger partial charge in [0.25, 0.3) is 0 Å². The highest BCUT2D eigenvalue weighted by Crippen LogP contribution is 2.16. The van der Waals surface area contributed by atoms with E-state index in [-0.39, 0.29) is 11.8 Å². The van der Waals surface area contributed by atoms with Gasteiger partial charge in [0.05, 0.1) is 10.3 Å². The Morgan fingerprint density at radius 1 is 1.54 bits per heavy atom. The lowest BCUT2D eigenvalue weighted by Gasteiger charge is -2.30. The Morgan fingerprint density at radius 3 is 2.77 bits per heavy atom. The third kappa shape index (κ3) is 2.82. The summed E-state index contributed by atoms with van der Waals surface area (Å²) >= 11 is 2.00. The number of halogens is 1. The quantitative estimate of drug-likeness (QED) is 0.604. The van der Waals surface area contributed by atoms with Crippen molar-refractivity contribution in [3.05, 3.63) is 0 Å². The highest BCUT2D eigenvalue weighted by Gasteiger charge is 2.27. The Balaban J connectivity index is 2.51. The minimum atomic E-state index is -0.786. The van der Waals surface area contributed by atoms with Crippen LogP contribution in [-0.4, -0.2) is 39.4 Å². The summed E-state index contributed by atoms with van der Waals surface area (Å²) in [5.74, 6) is -1.10. The summed E-state index contributed by atoms with van der Waals surface area (Å²) in [7, 11) is 0. The van der Waals surface area contributed by atoms with Crippen LogP contribution in [0.5, 0.6) is 0 Å². The first-order valence-corrected chi connectivity index (χ1v) is 5.74. The maximum atomic E-state index is 11.3. The summed E-state index contributed by atoms with van der Waals surface area (Å²) < 4.78 is 0.435. The first kappa shape index (κ1) is 10.7. The van der Waals surface area contributed by atoms with Crippen LogP contribution in [0.1, 0.15) is 12.8 Å². The number of hydrogen-bond donors (Lipinski definition) is 1. The molecule has 74 valence electrons. The van der Waals surface area contributed by atoms with E-state index in [1.54, 1.807) is 4.90 Å². The summed E-state index contributed by atoms with van der Waals surface area (Å²) in [6, 6.07) is 0. The number of piperidine rings is 1. The number of carboxylic acid groups (broad SMARTS) is 1. The monoisotopic (exact) mass is 297 g/mol. The molecule has 0 aliphatic carbocycles. The van der Waals surface area contributed by atoms with E-state index < -0.39 is 5.97 Å². The molecule has 1 heterocycles. The van der Waals surface area contributed by atoms with E-state index in [0.717, 1.165) is 6.42 Å². The Kier molecular flexibility index (Phi) is 3.95. The summed E-state index contributed by atoms with van der Waals surface area (Å²) in [5.41, 5.74) is 0. The van der Waals surface area contributed by atoms with Gasteiger partial charge in [0.2, 0.25) is 5.91 Å². The molecule has 0 aromatic heterocycles. The van der Waals surface area contributed by atoms with E-state index in [2.05, 4.69) is 0 Å². The van der Waals surface area contributed by atoms with E-state index >= 15 is 0 Å². The lowest BCUT2D eigenvalue weighted by atomic mass is 9.98. The second kappa shape index (κ2) is 4.78. The van der Waals surface area contributed by atoms with Gasteiger partial charge in [-0.25, -0.2) is 0 Å². The third-order valence-electron chi connectivity index (χ3n) is 2.24. The normalized spacial score (nSPS) is 22.8. The Bertz CT molecular complexity index is 219. The molecule has 1 amide bonds. The zero-order valence-electron chi connectivity index (χ0n) is 7.20. The summed E-state index contributed by atoms with van der Waals surface area (Å²) in [5, 5.41) is 8.77. The van der Waals surface area contributed by atoms with Gasteiger partial charge in [-0.3, -0.25) is 9.59 Å². The highest BCUT2D eigenvalue weighted by atomic mass is 127. The lowest BCUT2D eigenvalue weighted by Crippen LogP contribution is -2.42. The van der Waals surface area contributed by atoms with Crippen LogP contribution in [0.2, 0.25) is 0 Å². The van der Waals surface area contributed by atoms with Crippen molar-refractivity contribution in [2.24, 2.45) is 5.92 Å². The smallest absolute Gasteiger partial charge is 0.308 e. The fraction of sp³-hybridized carbons (Fsp3) is 0.750. The van der Waals surface area contributed by atoms with Crippen molar-refractivity contribution in [1.29, 1.82) is 0 Å². The van der Waals surface area contributed by atoms with Gasteiger partial charge in [0.1, 0.15) is 0 Å². The second-order valence-electron chi connectivity index (χ2n) is 3.15. The molecule has 1 fully saturated rings. The molecule has 1 atom stereocenters. The van der Waals surface area contributed by atoms with Crippen molar-refractivity contribution < 1.29 is 14.7 Å². The van der Waals surface area contributed by atoms with Crippen molar-refractivity contribution in [3.63, 3.8) is 0 Å². The molecule has 1 rings (SSSR count). The van der Waals surface area contributed by atoms with Crippen LogP contribution in [0.4, 0.5) is 0 Å². The summed E-state index contributed by atoms with van der Waals surface area (Å²) in [6.07, 6.45) is 1.50. The Hall–Kier alpha value is -0.330. The maximum Gasteiger partial charge on any atom is 0.308 e. The van der Waals surface area contributed by atoms with E-state index in [1.807, 2.05) is 22.6 Å². The topological polar surface area (TPSA) is 57.6 Å². The van der Waals surface area contributed by atoms with Gasteiger partial charge < -0.3 is 10.0 Å². The van der Waals surface area contributed by atoms with E-state index in [9.17, 15) is 9.59 Å². The molecule has 0 spiro atoms. The van der Waals surface area contributed by atoms with Gasteiger partial charge in [0, 0.05) is 13.1 Å². The van der Waals surface area contributed by atoms with Crippen LogP contribution in [0, 0.1) is 5.92 Å². The number of aliphatic carboxylic acids is 1. The zero-order chi connectivity index (χ0) is 9.84. The maximum absolute atomic E-state index is 11.3. The number of alkyl halides is 1. The molecule has 5 heteroatoms. The lowest BCUT2D eigenvalue weighted by molar-refractivity contribution is -0.145. The van der Waals surface area contributed by atoms with Crippen molar-refractivity contribution in [2.45, 2.75) is 12.8 Å². The minimum Gasteiger partial charge on any atom is -0.481 e. The van der Waals surface area contributed by atoms with Gasteiger partial charge in [-0.05, 0) is 12.8 Å². The molecule has 13 heavy (non-hydrogen) atoms. The van der Waals surface area contributed by atoms with Gasteiger partial charge in [-0.15, -0.1) is 0 Å². The number of amides is 1. The molecular weight excluding hydrogens is 285 g/mol. The van der Waals surface area contributed by atoms with E-state index in [0.29, 0.717) is 23.9 Å². The molecule has 1 N–H and O–H groups in total. The third-order valence-corrected chi connectivity index (χ3v) is 2.89. The highest BCUT2D eigenvalue weighted by molar-refractivity contribution is 14.1. The number of hydrogen-bond acceptors (Lipinski definition) is 2. The second-order valence-corrected chi connectivity index (χ2v) is 3.91. The minimum absolute atomic E-state index is 0.0477. The molecular formula is C8H12INO3. The van der Waals surface area contributed by atoms with Crippen LogP contribution in [0.3, 0.4) is 0 Å². The van der Waals surface area contributed by atoms with Crippen LogP contribution >= 0.6 is 22.6 Å². The average molecular weight is 297 g/mol. The van der Waals surface area contributed by atoms with Crippen molar-refractivity contribution in [2.75, 3.05) is 17.5 Å². The molecule has 0 aromatic carbocycles. The summed E-state index contributed by atoms with van der Waals surface area (Å²) in [4.78, 5) is 23.6. The number of nitrogens with zero attached hydrogens (tertiary/aromatic N) is 1. The van der Waals surface area contributed by atoms with E-state index in [4.69, 9.17) is 5.11 Å². The largest absolute Gasteiger partial charge is 0.481 e. The molecule has 0 aromatic rings. The van der Waals surface area contributed by atoms with Crippen molar-refractivity contribution >= 4 is 34.5 Å². The molecule has 1 aliphatic heterocycles. The molecule has 4 nitrogen and oxygen atoms in total. The average Bonchev–Trinajstić information content (AvgIpc) is 2.17. The van der Waals surface area contributed by atoms with Crippen LogP contribution in [0.15, 0.2) is 0 Å². The molecule has 0 saturated carbocycles. The van der Waals surface area contributed by atoms with Crippen molar-refractivity contribution in [3.8, 4) is 0 Å². The number of carbonyl (C=O) groups excluding carboxylic acids is 1.